The number of aromatic nitrogens is 2. The Bertz CT molecular complexity index is 568. The Morgan fingerprint density at radius 1 is 1.30 bits per heavy atom. The molecule has 106 valence electrons. The van der Waals surface area contributed by atoms with Crippen molar-refractivity contribution in [2.24, 2.45) is 0 Å². The van der Waals surface area contributed by atoms with Crippen molar-refractivity contribution in [2.75, 3.05) is 18.8 Å². The van der Waals surface area contributed by atoms with Crippen LogP contribution in [0.15, 0.2) is 29.2 Å². The van der Waals surface area contributed by atoms with E-state index < -0.39 is 0 Å². The van der Waals surface area contributed by atoms with Crippen molar-refractivity contribution in [3.63, 3.8) is 0 Å². The highest BCUT2D eigenvalue weighted by Gasteiger charge is 2.27. The second-order valence-electron chi connectivity index (χ2n) is 4.89. The van der Waals surface area contributed by atoms with Gasteiger partial charge in [-0.25, -0.2) is 0 Å². The van der Waals surface area contributed by atoms with Gasteiger partial charge in [-0.1, -0.05) is 25.1 Å². The Hall–Kier alpha value is -0.910. The maximum atomic E-state index is 4.43. The van der Waals surface area contributed by atoms with E-state index in [1.165, 1.54) is 20.5 Å². The zero-order chi connectivity index (χ0) is 13.8. The van der Waals surface area contributed by atoms with E-state index in [-0.39, 0.29) is 0 Å². The van der Waals surface area contributed by atoms with Crippen LogP contribution in [0.4, 0.5) is 0 Å². The summed E-state index contributed by atoms with van der Waals surface area (Å²) in [5.41, 5.74) is 1.42. The lowest BCUT2D eigenvalue weighted by atomic mass is 10.0. The first-order valence-corrected chi connectivity index (χ1v) is 8.93. The predicted molar refractivity (Wildman–Crippen MR) is 85.8 cm³/mol. The molecule has 0 aliphatic carbocycles. The first-order chi connectivity index (χ1) is 9.88. The molecule has 3 nitrogen and oxygen atoms in total. The number of aryl methyl sites for hydroxylation is 1. The molecule has 0 amide bonds. The van der Waals surface area contributed by atoms with Crippen molar-refractivity contribution < 1.29 is 0 Å². The zero-order valence-electron chi connectivity index (χ0n) is 11.6. The fraction of sp³-hybridized carbons (Fsp3) is 0.467. The highest BCUT2D eigenvalue weighted by atomic mass is 32.2. The zero-order valence-corrected chi connectivity index (χ0v) is 13.3. The van der Waals surface area contributed by atoms with Crippen LogP contribution in [-0.4, -0.2) is 29.0 Å². The van der Waals surface area contributed by atoms with E-state index in [2.05, 4.69) is 46.7 Å². The monoisotopic (exact) mass is 305 g/mol. The number of fused-ring (bicyclic) bond motifs is 1. The number of benzene rings is 1. The third-order valence-corrected chi connectivity index (χ3v) is 5.75. The molecule has 1 aromatic carbocycles. The van der Waals surface area contributed by atoms with Gasteiger partial charge in [0.2, 0.25) is 0 Å². The first kappa shape index (κ1) is 14.0. The summed E-state index contributed by atoms with van der Waals surface area (Å²) in [6.45, 7) is 4.24. The lowest BCUT2D eigenvalue weighted by molar-refractivity contribution is 0.668. The van der Waals surface area contributed by atoms with Gasteiger partial charge in [0.25, 0.3) is 0 Å². The number of rotatable bonds is 6. The number of thioether (sulfide) groups is 1. The second kappa shape index (κ2) is 6.70. The largest absolute Gasteiger partial charge is 0.317 e. The molecule has 1 aromatic heterocycles. The summed E-state index contributed by atoms with van der Waals surface area (Å²) in [7, 11) is 0. The van der Waals surface area contributed by atoms with E-state index in [1.54, 1.807) is 11.3 Å². The molecule has 0 bridgehead atoms. The summed E-state index contributed by atoms with van der Waals surface area (Å²) in [6.07, 6.45) is 2.17. The van der Waals surface area contributed by atoms with Crippen LogP contribution in [0.25, 0.3) is 0 Å². The van der Waals surface area contributed by atoms with Crippen molar-refractivity contribution in [2.45, 2.75) is 30.6 Å². The Morgan fingerprint density at radius 2 is 2.20 bits per heavy atom. The summed E-state index contributed by atoms with van der Waals surface area (Å²) in [5, 5.41) is 14.5. The van der Waals surface area contributed by atoms with Gasteiger partial charge in [0.05, 0.1) is 0 Å². The molecule has 2 aromatic rings. The topological polar surface area (TPSA) is 37.8 Å². The molecular weight excluding hydrogens is 286 g/mol. The standard InChI is InChI=1S/C15H19N3S2/c1-2-16-9-5-8-14-17-18-15(20-14)12-10-19-13-7-4-3-6-11(12)13/h3-4,6-7,12,16H,2,5,8-10H2,1H3. The van der Waals surface area contributed by atoms with Gasteiger partial charge in [0, 0.05) is 23.0 Å². The van der Waals surface area contributed by atoms with Gasteiger partial charge in [-0.15, -0.1) is 33.3 Å². The normalized spacial score (nSPS) is 17.4. The molecule has 0 saturated heterocycles. The molecule has 2 heterocycles. The van der Waals surface area contributed by atoms with Crippen LogP contribution in [0, 0.1) is 0 Å². The van der Waals surface area contributed by atoms with Gasteiger partial charge in [0.1, 0.15) is 10.0 Å². The Labute approximate surface area is 128 Å². The summed E-state index contributed by atoms with van der Waals surface area (Å²) < 4.78 is 0. The fourth-order valence-corrected chi connectivity index (χ4v) is 4.76. The highest BCUT2D eigenvalue weighted by molar-refractivity contribution is 7.99. The molecule has 1 atom stereocenters. The van der Waals surface area contributed by atoms with Crippen LogP contribution < -0.4 is 5.32 Å². The first-order valence-electron chi connectivity index (χ1n) is 7.13. The number of nitrogens with one attached hydrogen (secondary N) is 1. The molecule has 0 saturated carbocycles. The van der Waals surface area contributed by atoms with E-state index >= 15 is 0 Å². The number of hydrogen-bond donors (Lipinski definition) is 1. The van der Waals surface area contributed by atoms with Crippen molar-refractivity contribution in [3.8, 4) is 0 Å². The number of hydrogen-bond acceptors (Lipinski definition) is 5. The fourth-order valence-electron chi connectivity index (χ4n) is 2.42. The van der Waals surface area contributed by atoms with Gasteiger partial charge in [-0.2, -0.15) is 0 Å². The van der Waals surface area contributed by atoms with Crippen molar-refractivity contribution in [1.82, 2.24) is 15.5 Å². The van der Waals surface area contributed by atoms with Crippen molar-refractivity contribution in [1.29, 1.82) is 0 Å². The Kier molecular flexibility index (Phi) is 4.70. The number of nitrogens with zero attached hydrogens (tertiary/aromatic N) is 2. The van der Waals surface area contributed by atoms with Crippen LogP contribution in [0.3, 0.4) is 0 Å². The van der Waals surface area contributed by atoms with Crippen LogP contribution in [0.2, 0.25) is 0 Å². The summed E-state index contributed by atoms with van der Waals surface area (Å²) >= 11 is 3.72. The minimum absolute atomic E-state index is 0.441. The van der Waals surface area contributed by atoms with Crippen LogP contribution in [0.1, 0.15) is 34.8 Å². The van der Waals surface area contributed by atoms with E-state index in [4.69, 9.17) is 0 Å². The van der Waals surface area contributed by atoms with Crippen LogP contribution in [-0.2, 0) is 6.42 Å². The third kappa shape index (κ3) is 3.05. The SMILES string of the molecule is CCNCCCc1nnc(C2CSc3ccccc32)s1. The second-order valence-corrected chi connectivity index (χ2v) is 7.05. The quantitative estimate of drug-likeness (QED) is 0.831. The van der Waals surface area contributed by atoms with Crippen molar-refractivity contribution in [3.05, 3.63) is 39.8 Å². The average molecular weight is 305 g/mol. The Balaban J connectivity index is 1.66. The van der Waals surface area contributed by atoms with Gasteiger partial charge < -0.3 is 5.32 Å². The summed E-state index contributed by atoms with van der Waals surface area (Å²) in [6, 6.07) is 8.67. The molecule has 0 spiro atoms. The maximum Gasteiger partial charge on any atom is 0.125 e. The molecule has 1 unspecified atom stereocenters. The van der Waals surface area contributed by atoms with Crippen LogP contribution in [0.5, 0.6) is 0 Å². The lowest BCUT2D eigenvalue weighted by Crippen LogP contribution is -2.14. The minimum atomic E-state index is 0.441. The molecule has 20 heavy (non-hydrogen) atoms. The van der Waals surface area contributed by atoms with Crippen LogP contribution >= 0.6 is 23.1 Å². The van der Waals surface area contributed by atoms with E-state index in [0.717, 1.165) is 31.7 Å². The molecule has 0 radical (unpaired) electrons. The molecule has 3 rings (SSSR count). The van der Waals surface area contributed by atoms with Gasteiger partial charge in [-0.3, -0.25) is 0 Å². The molecule has 0 fully saturated rings. The lowest BCUT2D eigenvalue weighted by Gasteiger charge is -2.05. The third-order valence-electron chi connectivity index (χ3n) is 3.47. The summed E-state index contributed by atoms with van der Waals surface area (Å²) in [5.74, 6) is 1.54. The Morgan fingerprint density at radius 3 is 3.10 bits per heavy atom. The average Bonchev–Trinajstić information content (AvgIpc) is 3.10. The maximum absolute atomic E-state index is 4.43. The predicted octanol–water partition coefficient (Wildman–Crippen LogP) is 3.32. The molecule has 5 heteroatoms. The molecule has 1 aliphatic rings. The van der Waals surface area contributed by atoms with Gasteiger partial charge >= 0.3 is 0 Å². The molecular formula is C15H19N3S2. The van der Waals surface area contributed by atoms with E-state index in [0.29, 0.717) is 5.92 Å². The highest BCUT2D eigenvalue weighted by Crippen LogP contribution is 2.43. The van der Waals surface area contributed by atoms with E-state index in [1.807, 2.05) is 11.8 Å². The summed E-state index contributed by atoms with van der Waals surface area (Å²) in [4.78, 5) is 1.40. The van der Waals surface area contributed by atoms with Gasteiger partial charge in [0.15, 0.2) is 0 Å². The molecule has 1 aliphatic heterocycles. The van der Waals surface area contributed by atoms with Crippen molar-refractivity contribution >= 4 is 23.1 Å². The smallest absolute Gasteiger partial charge is 0.125 e. The van der Waals surface area contributed by atoms with E-state index in [9.17, 15) is 0 Å². The molecule has 1 N–H and O–H groups in total. The minimum Gasteiger partial charge on any atom is -0.317 e. The van der Waals surface area contributed by atoms with Gasteiger partial charge in [-0.05, 0) is 31.1 Å².